The van der Waals surface area contributed by atoms with E-state index in [0.29, 0.717) is 22.9 Å². The molecule has 4 heteroatoms. The molecule has 4 N–H and O–H groups in total. The van der Waals surface area contributed by atoms with Crippen molar-refractivity contribution < 1.29 is 9.47 Å². The Hall–Kier alpha value is -3.92. The Morgan fingerprint density at radius 2 is 1.00 bits per heavy atom. The zero-order valence-electron chi connectivity index (χ0n) is 17.5. The lowest BCUT2D eigenvalue weighted by molar-refractivity contribution is 0.483. The number of anilines is 2. The van der Waals surface area contributed by atoms with Gasteiger partial charge in [0.1, 0.15) is 11.5 Å². The van der Waals surface area contributed by atoms with Crippen molar-refractivity contribution in [3.8, 4) is 23.0 Å². The average Bonchev–Trinajstić information content (AvgIpc) is 2.80. The van der Waals surface area contributed by atoms with Gasteiger partial charge in [-0.05, 0) is 53.9 Å². The predicted molar refractivity (Wildman–Crippen MR) is 127 cm³/mol. The summed E-state index contributed by atoms with van der Waals surface area (Å²) in [6, 6.07) is 31.0. The first-order valence-electron chi connectivity index (χ1n) is 10.4. The summed E-state index contributed by atoms with van der Waals surface area (Å²) in [7, 11) is 0. The van der Waals surface area contributed by atoms with Crippen LogP contribution in [0.3, 0.4) is 0 Å². The molecule has 0 fully saturated rings. The van der Waals surface area contributed by atoms with Crippen LogP contribution in [0.15, 0.2) is 97.1 Å². The fourth-order valence-corrected chi connectivity index (χ4v) is 3.75. The van der Waals surface area contributed by atoms with Gasteiger partial charge in [-0.2, -0.15) is 0 Å². The maximum Gasteiger partial charge on any atom is 0.150 e. The van der Waals surface area contributed by atoms with E-state index in [1.807, 2.05) is 97.1 Å². The summed E-state index contributed by atoms with van der Waals surface area (Å²) >= 11 is 0. The van der Waals surface area contributed by atoms with Gasteiger partial charge in [-0.25, -0.2) is 0 Å². The van der Waals surface area contributed by atoms with Crippen LogP contribution >= 0.6 is 0 Å². The fourth-order valence-electron chi connectivity index (χ4n) is 3.75. The Balaban J connectivity index is 1.68. The van der Waals surface area contributed by atoms with Crippen LogP contribution in [0.2, 0.25) is 0 Å². The van der Waals surface area contributed by atoms with E-state index in [2.05, 4.69) is 6.92 Å². The van der Waals surface area contributed by atoms with Gasteiger partial charge in [0.15, 0.2) is 11.5 Å². The standard InChI is InChI=1S/C27H26N2O2/c1-2-21(22-15-9-17-24(26(22)28)30-19-11-5-3-6-12-19)23-16-10-18-25(27(23)29)31-20-13-7-4-8-14-20/h3-18,21H,2,28-29H2,1H3. The maximum atomic E-state index is 6.56. The molecule has 0 amide bonds. The van der Waals surface area contributed by atoms with Crippen molar-refractivity contribution in [3.63, 3.8) is 0 Å². The van der Waals surface area contributed by atoms with Crippen molar-refractivity contribution in [1.29, 1.82) is 0 Å². The molecule has 0 unspecified atom stereocenters. The zero-order valence-corrected chi connectivity index (χ0v) is 17.5. The van der Waals surface area contributed by atoms with Crippen LogP contribution in [0.5, 0.6) is 23.0 Å². The van der Waals surface area contributed by atoms with Crippen molar-refractivity contribution in [2.24, 2.45) is 0 Å². The van der Waals surface area contributed by atoms with Crippen LogP contribution in [0, 0.1) is 0 Å². The lowest BCUT2D eigenvalue weighted by Gasteiger charge is -2.22. The maximum absolute atomic E-state index is 6.56. The van der Waals surface area contributed by atoms with Crippen molar-refractivity contribution in [2.45, 2.75) is 19.3 Å². The highest BCUT2D eigenvalue weighted by atomic mass is 16.5. The molecule has 0 aromatic heterocycles. The van der Waals surface area contributed by atoms with Gasteiger partial charge in [0.05, 0.1) is 11.4 Å². The Morgan fingerprint density at radius 3 is 1.39 bits per heavy atom. The molecule has 31 heavy (non-hydrogen) atoms. The molecule has 0 spiro atoms. The molecule has 0 saturated heterocycles. The van der Waals surface area contributed by atoms with E-state index >= 15 is 0 Å². The van der Waals surface area contributed by atoms with Crippen molar-refractivity contribution >= 4 is 11.4 Å². The highest BCUT2D eigenvalue weighted by molar-refractivity contribution is 5.67. The van der Waals surface area contributed by atoms with E-state index in [9.17, 15) is 0 Å². The van der Waals surface area contributed by atoms with Crippen LogP contribution in [0.1, 0.15) is 30.4 Å². The normalized spacial score (nSPS) is 10.8. The second kappa shape index (κ2) is 9.26. The molecule has 156 valence electrons. The highest BCUT2D eigenvalue weighted by Gasteiger charge is 2.21. The summed E-state index contributed by atoms with van der Waals surface area (Å²) in [5.74, 6) is 2.78. The van der Waals surface area contributed by atoms with Crippen LogP contribution in [-0.2, 0) is 0 Å². The SMILES string of the molecule is CCC(c1cccc(Oc2ccccc2)c1N)c1cccc(Oc2ccccc2)c1N. The number of benzene rings is 4. The van der Waals surface area contributed by atoms with Gasteiger partial charge in [-0.3, -0.25) is 0 Å². The number of hydrogen-bond acceptors (Lipinski definition) is 4. The number of para-hydroxylation sites is 4. The number of rotatable bonds is 7. The second-order valence-corrected chi connectivity index (χ2v) is 7.31. The van der Waals surface area contributed by atoms with E-state index in [1.54, 1.807) is 0 Å². The van der Waals surface area contributed by atoms with Gasteiger partial charge in [0.2, 0.25) is 0 Å². The van der Waals surface area contributed by atoms with Crippen molar-refractivity contribution in [1.82, 2.24) is 0 Å². The van der Waals surface area contributed by atoms with E-state index in [4.69, 9.17) is 20.9 Å². The van der Waals surface area contributed by atoms with Gasteiger partial charge >= 0.3 is 0 Å². The molecule has 4 nitrogen and oxygen atoms in total. The smallest absolute Gasteiger partial charge is 0.150 e. The minimum Gasteiger partial charge on any atom is -0.455 e. The second-order valence-electron chi connectivity index (χ2n) is 7.31. The van der Waals surface area contributed by atoms with Crippen molar-refractivity contribution in [3.05, 3.63) is 108 Å². The summed E-state index contributed by atoms with van der Waals surface area (Å²) in [4.78, 5) is 0. The topological polar surface area (TPSA) is 70.5 Å². The van der Waals surface area contributed by atoms with E-state index < -0.39 is 0 Å². The van der Waals surface area contributed by atoms with Gasteiger partial charge in [0.25, 0.3) is 0 Å². The fraction of sp³-hybridized carbons (Fsp3) is 0.111. The zero-order chi connectivity index (χ0) is 21.6. The first kappa shape index (κ1) is 20.4. The molecule has 0 atom stereocenters. The van der Waals surface area contributed by atoms with E-state index in [-0.39, 0.29) is 5.92 Å². The lowest BCUT2D eigenvalue weighted by Crippen LogP contribution is -2.08. The first-order valence-corrected chi connectivity index (χ1v) is 10.4. The Bertz CT molecular complexity index is 1050. The molecule has 4 aromatic rings. The quantitative estimate of drug-likeness (QED) is 0.323. The summed E-state index contributed by atoms with van der Waals surface area (Å²) in [6.45, 7) is 2.12. The van der Waals surface area contributed by atoms with Crippen LogP contribution in [-0.4, -0.2) is 0 Å². The highest BCUT2D eigenvalue weighted by Crippen LogP contribution is 2.42. The van der Waals surface area contributed by atoms with Gasteiger partial charge in [0, 0.05) is 5.92 Å². The number of hydrogen-bond donors (Lipinski definition) is 2. The molecule has 0 aliphatic carbocycles. The van der Waals surface area contributed by atoms with Crippen LogP contribution < -0.4 is 20.9 Å². The molecule has 0 aliphatic rings. The number of nitrogens with two attached hydrogens (primary N) is 2. The minimum absolute atomic E-state index is 0.0126. The van der Waals surface area contributed by atoms with Gasteiger partial charge < -0.3 is 20.9 Å². The molecule has 0 saturated carbocycles. The third-order valence-electron chi connectivity index (χ3n) is 5.30. The number of ether oxygens (including phenoxy) is 2. The number of nitrogen functional groups attached to an aromatic ring is 2. The average molecular weight is 411 g/mol. The third-order valence-corrected chi connectivity index (χ3v) is 5.30. The summed E-state index contributed by atoms with van der Waals surface area (Å²) in [6.07, 6.45) is 0.831. The molecule has 4 aromatic carbocycles. The largest absolute Gasteiger partial charge is 0.455 e. The van der Waals surface area contributed by atoms with Gasteiger partial charge in [-0.15, -0.1) is 0 Å². The van der Waals surface area contributed by atoms with E-state index in [1.165, 1.54) is 0 Å². The lowest BCUT2D eigenvalue weighted by atomic mass is 9.86. The molecule has 0 heterocycles. The van der Waals surface area contributed by atoms with Crippen LogP contribution in [0.4, 0.5) is 11.4 Å². The van der Waals surface area contributed by atoms with E-state index in [0.717, 1.165) is 29.0 Å². The molecular formula is C27H26N2O2. The molecule has 4 rings (SSSR count). The molecular weight excluding hydrogens is 384 g/mol. The third kappa shape index (κ3) is 4.48. The summed E-state index contributed by atoms with van der Waals surface area (Å²) < 4.78 is 12.1. The molecule has 0 bridgehead atoms. The minimum atomic E-state index is 0.0126. The molecule has 0 aliphatic heterocycles. The molecule has 0 radical (unpaired) electrons. The first-order chi connectivity index (χ1) is 15.2. The summed E-state index contributed by atoms with van der Waals surface area (Å²) in [5.41, 5.74) is 16.3. The summed E-state index contributed by atoms with van der Waals surface area (Å²) in [5, 5.41) is 0. The Labute approximate surface area is 183 Å². The van der Waals surface area contributed by atoms with Crippen molar-refractivity contribution in [2.75, 3.05) is 11.5 Å². The Kier molecular flexibility index (Phi) is 6.08. The Morgan fingerprint density at radius 1 is 0.581 bits per heavy atom. The van der Waals surface area contributed by atoms with Gasteiger partial charge in [-0.1, -0.05) is 67.6 Å². The predicted octanol–water partition coefficient (Wildman–Crippen LogP) is 6.98. The monoisotopic (exact) mass is 410 g/mol. The van der Waals surface area contributed by atoms with Crippen LogP contribution in [0.25, 0.3) is 0 Å².